The highest BCUT2D eigenvalue weighted by Crippen LogP contribution is 2.36. The van der Waals surface area contributed by atoms with E-state index in [1.807, 2.05) is 37.6 Å². The van der Waals surface area contributed by atoms with Gasteiger partial charge in [0, 0.05) is 17.5 Å². The standard InChI is InChI=1S/C14H11Cl2N3S/c1-7-6-20-12(11(7)16)14-18-10-4-3-8(15)5-9(10)13(17-2)19-14/h3-6H,1-2H3,(H,17,18,19). The van der Waals surface area contributed by atoms with Crippen molar-refractivity contribution in [2.24, 2.45) is 0 Å². The van der Waals surface area contributed by atoms with Gasteiger partial charge in [-0.2, -0.15) is 0 Å². The number of thiophene rings is 1. The van der Waals surface area contributed by atoms with Crippen molar-refractivity contribution in [3.05, 3.63) is 39.2 Å². The van der Waals surface area contributed by atoms with Crippen molar-refractivity contribution in [2.75, 3.05) is 12.4 Å². The zero-order chi connectivity index (χ0) is 14.3. The average Bonchev–Trinajstić information content (AvgIpc) is 2.78. The summed E-state index contributed by atoms with van der Waals surface area (Å²) < 4.78 is 0. The van der Waals surface area contributed by atoms with E-state index in [9.17, 15) is 0 Å². The Labute approximate surface area is 130 Å². The first-order chi connectivity index (χ1) is 9.60. The van der Waals surface area contributed by atoms with E-state index in [1.54, 1.807) is 11.3 Å². The zero-order valence-corrected chi connectivity index (χ0v) is 13.2. The quantitative estimate of drug-likeness (QED) is 0.719. The van der Waals surface area contributed by atoms with Gasteiger partial charge in [0.15, 0.2) is 5.82 Å². The minimum Gasteiger partial charge on any atom is -0.373 e. The Morgan fingerprint density at radius 1 is 1.20 bits per heavy atom. The third-order valence-corrected chi connectivity index (χ3v) is 4.92. The summed E-state index contributed by atoms with van der Waals surface area (Å²) >= 11 is 13.9. The van der Waals surface area contributed by atoms with E-state index in [4.69, 9.17) is 23.2 Å². The summed E-state index contributed by atoms with van der Waals surface area (Å²) in [5.41, 5.74) is 1.88. The molecule has 0 aliphatic heterocycles. The van der Waals surface area contributed by atoms with Crippen LogP contribution < -0.4 is 5.32 Å². The van der Waals surface area contributed by atoms with Gasteiger partial charge in [0.25, 0.3) is 0 Å². The molecule has 102 valence electrons. The molecule has 0 aliphatic carbocycles. The van der Waals surface area contributed by atoms with Crippen LogP contribution in [0.25, 0.3) is 21.6 Å². The van der Waals surface area contributed by atoms with E-state index in [0.717, 1.165) is 27.2 Å². The Kier molecular flexibility index (Phi) is 3.54. The third-order valence-electron chi connectivity index (χ3n) is 3.00. The molecule has 0 bridgehead atoms. The van der Waals surface area contributed by atoms with Crippen LogP contribution in [0.3, 0.4) is 0 Å². The number of rotatable bonds is 2. The van der Waals surface area contributed by atoms with Gasteiger partial charge in [-0.3, -0.25) is 0 Å². The van der Waals surface area contributed by atoms with E-state index in [1.165, 1.54) is 0 Å². The van der Waals surface area contributed by atoms with Gasteiger partial charge in [-0.15, -0.1) is 11.3 Å². The fourth-order valence-electron chi connectivity index (χ4n) is 1.97. The maximum Gasteiger partial charge on any atom is 0.173 e. The summed E-state index contributed by atoms with van der Waals surface area (Å²) in [5.74, 6) is 1.38. The molecular weight excluding hydrogens is 313 g/mol. The molecular formula is C14H11Cl2N3S. The molecule has 3 aromatic rings. The van der Waals surface area contributed by atoms with Crippen LogP contribution >= 0.6 is 34.5 Å². The molecule has 0 radical (unpaired) electrons. The van der Waals surface area contributed by atoms with E-state index in [0.29, 0.717) is 15.9 Å². The van der Waals surface area contributed by atoms with Crippen LogP contribution in [0, 0.1) is 6.92 Å². The third kappa shape index (κ3) is 2.24. The maximum absolute atomic E-state index is 6.30. The first-order valence-electron chi connectivity index (χ1n) is 5.99. The molecule has 0 saturated carbocycles. The van der Waals surface area contributed by atoms with Gasteiger partial charge in [0.05, 0.1) is 15.4 Å². The second-order valence-corrected chi connectivity index (χ2v) is 6.06. The molecule has 1 aromatic carbocycles. The van der Waals surface area contributed by atoms with E-state index in [2.05, 4.69) is 15.3 Å². The summed E-state index contributed by atoms with van der Waals surface area (Å²) in [6.45, 7) is 1.97. The molecule has 0 spiro atoms. The monoisotopic (exact) mass is 323 g/mol. The lowest BCUT2D eigenvalue weighted by Gasteiger charge is -2.08. The lowest BCUT2D eigenvalue weighted by molar-refractivity contribution is 1.22. The van der Waals surface area contributed by atoms with Crippen molar-refractivity contribution in [1.82, 2.24) is 9.97 Å². The van der Waals surface area contributed by atoms with Gasteiger partial charge in [-0.05, 0) is 36.1 Å². The largest absolute Gasteiger partial charge is 0.373 e. The molecule has 0 saturated heterocycles. The Balaban J connectivity index is 2.28. The van der Waals surface area contributed by atoms with Crippen molar-refractivity contribution in [3.63, 3.8) is 0 Å². The minimum absolute atomic E-state index is 0.632. The van der Waals surface area contributed by atoms with Crippen molar-refractivity contribution in [1.29, 1.82) is 0 Å². The number of aryl methyl sites for hydroxylation is 1. The Morgan fingerprint density at radius 2 is 2.00 bits per heavy atom. The van der Waals surface area contributed by atoms with Gasteiger partial charge >= 0.3 is 0 Å². The number of aromatic nitrogens is 2. The Bertz CT molecular complexity index is 798. The van der Waals surface area contributed by atoms with Gasteiger partial charge < -0.3 is 5.32 Å². The number of nitrogens with zero attached hydrogens (tertiary/aromatic N) is 2. The van der Waals surface area contributed by atoms with Crippen LogP contribution in [0.4, 0.5) is 5.82 Å². The van der Waals surface area contributed by atoms with E-state index in [-0.39, 0.29) is 0 Å². The van der Waals surface area contributed by atoms with E-state index >= 15 is 0 Å². The number of nitrogens with one attached hydrogen (secondary N) is 1. The highest BCUT2D eigenvalue weighted by molar-refractivity contribution is 7.14. The number of fused-ring (bicyclic) bond motifs is 1. The highest BCUT2D eigenvalue weighted by atomic mass is 35.5. The van der Waals surface area contributed by atoms with Gasteiger partial charge in [-0.1, -0.05) is 23.2 Å². The topological polar surface area (TPSA) is 37.8 Å². The van der Waals surface area contributed by atoms with Crippen LogP contribution in [-0.2, 0) is 0 Å². The minimum atomic E-state index is 0.632. The summed E-state index contributed by atoms with van der Waals surface area (Å²) in [7, 11) is 1.83. The van der Waals surface area contributed by atoms with Gasteiger partial charge in [0.1, 0.15) is 5.82 Å². The second-order valence-electron chi connectivity index (χ2n) is 4.37. The van der Waals surface area contributed by atoms with Crippen LogP contribution in [0.1, 0.15) is 5.56 Å². The van der Waals surface area contributed by atoms with Crippen LogP contribution in [0.15, 0.2) is 23.6 Å². The molecule has 20 heavy (non-hydrogen) atoms. The predicted molar refractivity (Wildman–Crippen MR) is 87.2 cm³/mol. The molecule has 0 aliphatic rings. The normalized spacial score (nSPS) is 11.0. The molecule has 0 atom stereocenters. The van der Waals surface area contributed by atoms with Crippen molar-refractivity contribution >= 4 is 51.3 Å². The number of benzene rings is 1. The van der Waals surface area contributed by atoms with Crippen molar-refractivity contribution in [2.45, 2.75) is 6.92 Å². The second kappa shape index (κ2) is 5.20. The molecule has 3 nitrogen and oxygen atoms in total. The molecule has 1 N–H and O–H groups in total. The van der Waals surface area contributed by atoms with Gasteiger partial charge in [0.2, 0.25) is 0 Å². The summed E-state index contributed by atoms with van der Waals surface area (Å²) in [6, 6.07) is 5.56. The fourth-order valence-corrected chi connectivity index (χ4v) is 3.36. The SMILES string of the molecule is CNc1nc(-c2scc(C)c2Cl)nc2ccc(Cl)cc12. The zero-order valence-electron chi connectivity index (χ0n) is 10.9. The number of hydrogen-bond acceptors (Lipinski definition) is 4. The molecule has 0 amide bonds. The first-order valence-corrected chi connectivity index (χ1v) is 7.62. The molecule has 6 heteroatoms. The lowest BCUT2D eigenvalue weighted by Crippen LogP contribution is -1.98. The van der Waals surface area contributed by atoms with Crippen LogP contribution in [0.2, 0.25) is 10.0 Å². The molecule has 0 fully saturated rings. The molecule has 0 unspecified atom stereocenters. The summed E-state index contributed by atoms with van der Waals surface area (Å²) in [4.78, 5) is 10.0. The molecule has 2 heterocycles. The number of halogens is 2. The smallest absolute Gasteiger partial charge is 0.173 e. The molecule has 2 aromatic heterocycles. The molecule has 3 rings (SSSR count). The Morgan fingerprint density at radius 3 is 2.65 bits per heavy atom. The Hall–Kier alpha value is -1.36. The number of hydrogen-bond donors (Lipinski definition) is 1. The average molecular weight is 324 g/mol. The van der Waals surface area contributed by atoms with Crippen LogP contribution in [0.5, 0.6) is 0 Å². The maximum atomic E-state index is 6.30. The lowest BCUT2D eigenvalue weighted by atomic mass is 10.2. The van der Waals surface area contributed by atoms with Gasteiger partial charge in [-0.25, -0.2) is 9.97 Å². The predicted octanol–water partition coefficient (Wildman–Crippen LogP) is 5.02. The highest BCUT2D eigenvalue weighted by Gasteiger charge is 2.14. The van der Waals surface area contributed by atoms with Crippen molar-refractivity contribution in [3.8, 4) is 10.7 Å². The summed E-state index contributed by atoms with van der Waals surface area (Å²) in [6.07, 6.45) is 0. The van der Waals surface area contributed by atoms with E-state index < -0.39 is 0 Å². The first kappa shape index (κ1) is 13.6. The number of anilines is 1. The fraction of sp³-hybridized carbons (Fsp3) is 0.143. The van der Waals surface area contributed by atoms with Crippen molar-refractivity contribution < 1.29 is 0 Å². The van der Waals surface area contributed by atoms with Crippen LogP contribution in [-0.4, -0.2) is 17.0 Å². The summed E-state index contributed by atoms with van der Waals surface area (Å²) in [5, 5.41) is 7.36.